The van der Waals surface area contributed by atoms with Crippen molar-refractivity contribution in [1.82, 2.24) is 4.90 Å². The first kappa shape index (κ1) is 18.7. The molecule has 1 saturated heterocycles. The summed E-state index contributed by atoms with van der Waals surface area (Å²) in [4.78, 5) is 15.3. The van der Waals surface area contributed by atoms with Gasteiger partial charge in [-0.2, -0.15) is 0 Å². The Hall–Kier alpha value is -1.05. The molecule has 1 aromatic rings. The molecule has 25 heavy (non-hydrogen) atoms. The zero-order valence-corrected chi connectivity index (χ0v) is 16.2. The van der Waals surface area contributed by atoms with Crippen LogP contribution in [0.3, 0.4) is 0 Å². The van der Waals surface area contributed by atoms with E-state index in [1.54, 1.807) is 0 Å². The molecule has 1 aliphatic carbocycles. The van der Waals surface area contributed by atoms with Gasteiger partial charge >= 0.3 is 0 Å². The third-order valence-electron chi connectivity index (χ3n) is 4.97. The summed E-state index contributed by atoms with van der Waals surface area (Å²) in [6.45, 7) is 0.207. The lowest BCUT2D eigenvalue weighted by Crippen LogP contribution is -2.38. The smallest absolute Gasteiger partial charge is 0.238 e. The molecule has 0 unspecified atom stereocenters. The van der Waals surface area contributed by atoms with E-state index >= 15 is 0 Å². The lowest BCUT2D eigenvalue weighted by Gasteiger charge is -2.22. The summed E-state index contributed by atoms with van der Waals surface area (Å²) in [6.07, 6.45) is 5.88. The second kappa shape index (κ2) is 8.10. The molecule has 1 aromatic carbocycles. The number of sulfone groups is 1. The molecule has 3 rings (SSSR count). The minimum Gasteiger partial charge on any atom is -0.325 e. The Morgan fingerprint density at radius 2 is 1.88 bits per heavy atom. The molecule has 1 amide bonds. The Bertz CT molecular complexity index is 698. The first-order valence-electron chi connectivity index (χ1n) is 8.88. The molecule has 0 spiro atoms. The Morgan fingerprint density at radius 3 is 2.48 bits per heavy atom. The molecule has 138 valence electrons. The van der Waals surface area contributed by atoms with E-state index in [9.17, 15) is 13.2 Å². The molecule has 2 aliphatic rings. The van der Waals surface area contributed by atoms with Crippen molar-refractivity contribution in [3.63, 3.8) is 0 Å². The number of nitrogens with zero attached hydrogens (tertiary/aromatic N) is 1. The number of amides is 1. The van der Waals surface area contributed by atoms with E-state index in [1.807, 2.05) is 35.8 Å². The van der Waals surface area contributed by atoms with Gasteiger partial charge in [0.05, 0.1) is 18.1 Å². The molecular weight excluding hydrogens is 356 g/mol. The second-order valence-corrected chi connectivity index (χ2v) is 10.7. The van der Waals surface area contributed by atoms with Crippen molar-refractivity contribution in [2.45, 2.75) is 48.3 Å². The van der Waals surface area contributed by atoms with E-state index in [2.05, 4.69) is 17.4 Å². The summed E-state index contributed by atoms with van der Waals surface area (Å²) in [7, 11) is -1.11. The molecule has 0 radical (unpaired) electrons. The summed E-state index contributed by atoms with van der Waals surface area (Å²) in [5.74, 6) is 0.274. The number of anilines is 1. The molecule has 1 heterocycles. The van der Waals surface area contributed by atoms with Gasteiger partial charge in [0.2, 0.25) is 5.91 Å². The van der Waals surface area contributed by atoms with Gasteiger partial charge < -0.3 is 5.32 Å². The highest BCUT2D eigenvalue weighted by Gasteiger charge is 2.31. The van der Waals surface area contributed by atoms with Crippen LogP contribution in [0.4, 0.5) is 5.69 Å². The molecule has 5 nitrogen and oxygen atoms in total. The summed E-state index contributed by atoms with van der Waals surface area (Å²) in [6, 6.07) is 7.95. The number of thioether (sulfide) groups is 1. The van der Waals surface area contributed by atoms with Crippen LogP contribution in [-0.2, 0) is 14.6 Å². The van der Waals surface area contributed by atoms with Crippen molar-refractivity contribution >= 4 is 33.2 Å². The third kappa shape index (κ3) is 5.46. The molecule has 1 N–H and O–H groups in total. The van der Waals surface area contributed by atoms with Crippen molar-refractivity contribution in [2.75, 3.05) is 30.4 Å². The Labute approximate surface area is 154 Å². The molecule has 7 heteroatoms. The summed E-state index contributed by atoms with van der Waals surface area (Å²) >= 11 is 1.93. The maximum absolute atomic E-state index is 12.2. The Balaban J connectivity index is 1.47. The van der Waals surface area contributed by atoms with Gasteiger partial charge in [0.1, 0.15) is 0 Å². The molecule has 0 bridgehead atoms. The fourth-order valence-electron chi connectivity index (χ4n) is 3.49. The van der Waals surface area contributed by atoms with Crippen LogP contribution in [0.25, 0.3) is 0 Å². The van der Waals surface area contributed by atoms with Gasteiger partial charge in [0.25, 0.3) is 0 Å². The number of nitrogens with one attached hydrogen (secondary N) is 1. The Morgan fingerprint density at radius 1 is 1.20 bits per heavy atom. The van der Waals surface area contributed by atoms with Gasteiger partial charge in [-0.3, -0.25) is 9.69 Å². The standard InChI is InChI=1S/C18H26N2O3S2/c1-20(15-10-11-25(22,23)13-15)12-18(21)19-14-6-8-17(9-7-14)24-16-4-2-3-5-16/h6-9,15-16H,2-5,10-13H2,1H3,(H,19,21)/t15-/m1/s1. The number of hydrogen-bond donors (Lipinski definition) is 1. The van der Waals surface area contributed by atoms with Gasteiger partial charge in [-0.25, -0.2) is 8.42 Å². The van der Waals surface area contributed by atoms with Crippen molar-refractivity contribution in [3.8, 4) is 0 Å². The largest absolute Gasteiger partial charge is 0.325 e. The summed E-state index contributed by atoms with van der Waals surface area (Å²) in [5.41, 5.74) is 0.785. The van der Waals surface area contributed by atoms with Gasteiger partial charge in [0, 0.05) is 21.9 Å². The predicted octanol–water partition coefficient (Wildman–Crippen LogP) is 2.78. The predicted molar refractivity (Wildman–Crippen MR) is 103 cm³/mol. The fraction of sp³-hybridized carbons (Fsp3) is 0.611. The minimum absolute atomic E-state index is 0.0547. The van der Waals surface area contributed by atoms with Crippen LogP contribution in [0.5, 0.6) is 0 Å². The first-order valence-corrected chi connectivity index (χ1v) is 11.6. The maximum Gasteiger partial charge on any atom is 0.238 e. The van der Waals surface area contributed by atoms with Gasteiger partial charge in [-0.15, -0.1) is 11.8 Å². The van der Waals surface area contributed by atoms with Gasteiger partial charge in [-0.1, -0.05) is 12.8 Å². The van der Waals surface area contributed by atoms with Crippen LogP contribution >= 0.6 is 11.8 Å². The number of benzene rings is 1. The third-order valence-corrected chi connectivity index (χ3v) is 8.07. The van der Waals surface area contributed by atoms with Gasteiger partial charge in [-0.05, 0) is 50.6 Å². The number of rotatable bonds is 6. The van der Waals surface area contributed by atoms with E-state index in [-0.39, 0.29) is 30.0 Å². The summed E-state index contributed by atoms with van der Waals surface area (Å²) in [5, 5.41) is 3.63. The minimum atomic E-state index is -2.93. The van der Waals surface area contributed by atoms with E-state index in [0.29, 0.717) is 6.42 Å². The number of hydrogen-bond acceptors (Lipinski definition) is 5. The number of carbonyl (C=O) groups excluding carboxylic acids is 1. The second-order valence-electron chi connectivity index (χ2n) is 7.07. The van der Waals surface area contributed by atoms with Crippen molar-refractivity contribution in [1.29, 1.82) is 0 Å². The highest BCUT2D eigenvalue weighted by Crippen LogP contribution is 2.34. The van der Waals surface area contributed by atoms with Gasteiger partial charge in [0.15, 0.2) is 9.84 Å². The molecule has 1 saturated carbocycles. The van der Waals surface area contributed by atoms with Crippen LogP contribution in [0.15, 0.2) is 29.2 Å². The monoisotopic (exact) mass is 382 g/mol. The Kier molecular flexibility index (Phi) is 6.07. The highest BCUT2D eigenvalue weighted by atomic mass is 32.2. The fourth-order valence-corrected chi connectivity index (χ4v) is 6.55. The molecule has 0 aromatic heterocycles. The quantitative estimate of drug-likeness (QED) is 0.819. The van der Waals surface area contributed by atoms with Crippen LogP contribution < -0.4 is 5.32 Å². The van der Waals surface area contributed by atoms with Crippen molar-refractivity contribution in [2.24, 2.45) is 0 Å². The highest BCUT2D eigenvalue weighted by molar-refractivity contribution is 8.00. The SMILES string of the molecule is CN(CC(=O)Nc1ccc(SC2CCCC2)cc1)[C@@H]1CCS(=O)(=O)C1. The topological polar surface area (TPSA) is 66.5 Å². The zero-order chi connectivity index (χ0) is 17.9. The lowest BCUT2D eigenvalue weighted by atomic mass is 10.2. The van der Waals surface area contributed by atoms with E-state index in [4.69, 9.17) is 0 Å². The average Bonchev–Trinajstić information content (AvgIpc) is 3.18. The van der Waals surface area contributed by atoms with Crippen molar-refractivity contribution < 1.29 is 13.2 Å². The van der Waals surface area contributed by atoms with Crippen LogP contribution in [-0.4, -0.2) is 55.6 Å². The molecular formula is C18H26N2O3S2. The summed E-state index contributed by atoms with van der Waals surface area (Å²) < 4.78 is 23.1. The zero-order valence-electron chi connectivity index (χ0n) is 14.6. The average molecular weight is 383 g/mol. The molecule has 1 atom stereocenters. The van der Waals surface area contributed by atoms with Crippen molar-refractivity contribution in [3.05, 3.63) is 24.3 Å². The number of carbonyl (C=O) groups is 1. The van der Waals surface area contributed by atoms with E-state index in [1.165, 1.54) is 30.6 Å². The van der Waals surface area contributed by atoms with Crippen LogP contribution in [0, 0.1) is 0 Å². The molecule has 1 aliphatic heterocycles. The first-order chi connectivity index (χ1) is 11.9. The van der Waals surface area contributed by atoms with Crippen LogP contribution in [0.1, 0.15) is 32.1 Å². The van der Waals surface area contributed by atoms with Crippen LogP contribution in [0.2, 0.25) is 0 Å². The van der Waals surface area contributed by atoms with E-state index < -0.39 is 9.84 Å². The number of likely N-dealkylation sites (N-methyl/N-ethyl adjacent to an activating group) is 1. The lowest BCUT2D eigenvalue weighted by molar-refractivity contribution is -0.117. The van der Waals surface area contributed by atoms with E-state index in [0.717, 1.165) is 10.9 Å². The maximum atomic E-state index is 12.2. The normalized spacial score (nSPS) is 23.2. The molecule has 2 fully saturated rings.